The van der Waals surface area contributed by atoms with E-state index in [0.29, 0.717) is 11.9 Å². The first-order valence-electron chi connectivity index (χ1n) is 8.69. The minimum atomic E-state index is -0.000327. The van der Waals surface area contributed by atoms with Crippen molar-refractivity contribution in [1.29, 1.82) is 0 Å². The number of aromatic nitrogens is 1. The largest absolute Gasteiger partial charge is 0.341 e. The van der Waals surface area contributed by atoms with Crippen LogP contribution < -0.4 is 10.7 Å². The van der Waals surface area contributed by atoms with Crippen molar-refractivity contribution in [1.82, 2.24) is 14.8 Å². The van der Waals surface area contributed by atoms with Gasteiger partial charge < -0.3 is 14.8 Å². The van der Waals surface area contributed by atoms with Crippen molar-refractivity contribution < 1.29 is 4.79 Å². The van der Waals surface area contributed by atoms with Crippen LogP contribution in [0.1, 0.15) is 19.3 Å². The van der Waals surface area contributed by atoms with Crippen LogP contribution in [0.4, 0.5) is 0 Å². The van der Waals surface area contributed by atoms with E-state index in [2.05, 4.69) is 5.32 Å². The molecule has 1 fully saturated rings. The molecule has 2 heterocycles. The second-order valence-electron chi connectivity index (χ2n) is 6.54. The fourth-order valence-corrected chi connectivity index (χ4v) is 3.46. The molecule has 1 aromatic heterocycles. The van der Waals surface area contributed by atoms with E-state index >= 15 is 0 Å². The summed E-state index contributed by atoms with van der Waals surface area (Å²) in [5.74, 6) is 0.852. The standard InChI is InChI=1S/C19H25N3O2.ClH/c1-20-10-6-15-7-11-21(12-8-15)19(24)14-22-13-9-18(23)16-4-2-3-5-17(16)22;/h2-5,9,13,15,20H,6-8,10-12,14H2,1H3;1H. The third-order valence-electron chi connectivity index (χ3n) is 4.96. The molecule has 25 heavy (non-hydrogen) atoms. The Kier molecular flexibility index (Phi) is 7.02. The molecule has 0 atom stereocenters. The molecule has 0 bridgehead atoms. The van der Waals surface area contributed by atoms with Gasteiger partial charge in [0.1, 0.15) is 6.54 Å². The zero-order chi connectivity index (χ0) is 16.9. The van der Waals surface area contributed by atoms with Crippen molar-refractivity contribution in [2.75, 3.05) is 26.7 Å². The topological polar surface area (TPSA) is 54.3 Å². The molecule has 1 saturated heterocycles. The predicted octanol–water partition coefficient (Wildman–Crippen LogP) is 2.27. The van der Waals surface area contributed by atoms with Gasteiger partial charge in [-0.05, 0) is 50.9 Å². The maximum Gasteiger partial charge on any atom is 0.242 e. The third-order valence-corrected chi connectivity index (χ3v) is 4.96. The lowest BCUT2D eigenvalue weighted by Crippen LogP contribution is -2.40. The number of nitrogens with zero attached hydrogens (tertiary/aromatic N) is 2. The smallest absolute Gasteiger partial charge is 0.242 e. The van der Waals surface area contributed by atoms with E-state index in [9.17, 15) is 9.59 Å². The lowest BCUT2D eigenvalue weighted by molar-refractivity contribution is -0.133. The van der Waals surface area contributed by atoms with Crippen molar-refractivity contribution in [2.24, 2.45) is 5.92 Å². The van der Waals surface area contributed by atoms with Crippen LogP contribution in [0.2, 0.25) is 0 Å². The van der Waals surface area contributed by atoms with E-state index in [1.54, 1.807) is 12.3 Å². The number of amides is 1. The number of nitrogens with one attached hydrogen (secondary N) is 1. The van der Waals surface area contributed by atoms with Crippen LogP contribution in [0, 0.1) is 5.92 Å². The average Bonchev–Trinajstić information content (AvgIpc) is 2.63. The van der Waals surface area contributed by atoms with Crippen molar-refractivity contribution in [3.63, 3.8) is 0 Å². The minimum absolute atomic E-state index is 0. The van der Waals surface area contributed by atoms with Gasteiger partial charge in [-0.3, -0.25) is 9.59 Å². The van der Waals surface area contributed by atoms with Gasteiger partial charge in [0.2, 0.25) is 5.91 Å². The minimum Gasteiger partial charge on any atom is -0.341 e. The fourth-order valence-electron chi connectivity index (χ4n) is 3.46. The van der Waals surface area contributed by atoms with Gasteiger partial charge in [-0.2, -0.15) is 0 Å². The molecule has 6 heteroatoms. The van der Waals surface area contributed by atoms with E-state index in [-0.39, 0.29) is 23.7 Å². The fraction of sp³-hybridized carbons (Fsp3) is 0.474. The Labute approximate surface area is 154 Å². The number of para-hydroxylation sites is 1. The number of piperidine rings is 1. The summed E-state index contributed by atoms with van der Waals surface area (Å²) in [5.41, 5.74) is 0.821. The van der Waals surface area contributed by atoms with Crippen molar-refractivity contribution in [3.05, 3.63) is 46.8 Å². The van der Waals surface area contributed by atoms with Gasteiger partial charge in [0.25, 0.3) is 0 Å². The summed E-state index contributed by atoms with van der Waals surface area (Å²) < 4.78 is 1.88. The van der Waals surface area contributed by atoms with Crippen LogP contribution in [0.3, 0.4) is 0 Å². The van der Waals surface area contributed by atoms with Gasteiger partial charge in [-0.15, -0.1) is 12.4 Å². The number of halogens is 1. The van der Waals surface area contributed by atoms with Gasteiger partial charge in [0, 0.05) is 30.7 Å². The molecule has 2 aromatic rings. The van der Waals surface area contributed by atoms with E-state index in [1.807, 2.05) is 40.8 Å². The lowest BCUT2D eigenvalue weighted by atomic mass is 9.93. The molecule has 1 aliphatic heterocycles. The molecule has 0 aliphatic carbocycles. The number of fused-ring (bicyclic) bond motifs is 1. The number of likely N-dealkylation sites (tertiary alicyclic amines) is 1. The van der Waals surface area contributed by atoms with E-state index < -0.39 is 0 Å². The van der Waals surface area contributed by atoms with Crippen molar-refractivity contribution in [3.8, 4) is 0 Å². The van der Waals surface area contributed by atoms with Crippen molar-refractivity contribution in [2.45, 2.75) is 25.8 Å². The first-order chi connectivity index (χ1) is 11.7. The molecule has 5 nitrogen and oxygen atoms in total. The summed E-state index contributed by atoms with van der Waals surface area (Å²) >= 11 is 0. The van der Waals surface area contributed by atoms with Gasteiger partial charge in [0.05, 0.1) is 5.52 Å². The van der Waals surface area contributed by atoms with Crippen LogP contribution in [0.15, 0.2) is 41.3 Å². The number of pyridine rings is 1. The lowest BCUT2D eigenvalue weighted by Gasteiger charge is -2.32. The highest BCUT2D eigenvalue weighted by molar-refractivity contribution is 5.85. The quantitative estimate of drug-likeness (QED) is 0.886. The van der Waals surface area contributed by atoms with E-state index in [4.69, 9.17) is 0 Å². The summed E-state index contributed by atoms with van der Waals surface area (Å²) in [6, 6.07) is 9.00. The molecule has 0 radical (unpaired) electrons. The van der Waals surface area contributed by atoms with Crippen LogP contribution >= 0.6 is 12.4 Å². The second kappa shape index (κ2) is 9.02. The normalized spacial score (nSPS) is 15.2. The average molecular weight is 364 g/mol. The van der Waals surface area contributed by atoms with Crippen LogP contribution in [0.5, 0.6) is 0 Å². The molecule has 1 N–H and O–H groups in total. The molecule has 1 aliphatic rings. The zero-order valence-electron chi connectivity index (χ0n) is 14.6. The highest BCUT2D eigenvalue weighted by Gasteiger charge is 2.22. The predicted molar refractivity (Wildman–Crippen MR) is 103 cm³/mol. The van der Waals surface area contributed by atoms with Crippen molar-refractivity contribution >= 4 is 29.2 Å². The summed E-state index contributed by atoms with van der Waals surface area (Å²) in [6.07, 6.45) is 5.07. The van der Waals surface area contributed by atoms with E-state index in [1.165, 1.54) is 6.42 Å². The molecule has 1 aromatic carbocycles. The van der Waals surface area contributed by atoms with Crippen LogP contribution in [-0.4, -0.2) is 42.1 Å². The molecule has 3 rings (SSSR count). The Morgan fingerprint density at radius 3 is 2.64 bits per heavy atom. The highest BCUT2D eigenvalue weighted by Crippen LogP contribution is 2.20. The maximum absolute atomic E-state index is 12.6. The Morgan fingerprint density at radius 1 is 1.20 bits per heavy atom. The number of carbonyl (C=O) groups excluding carboxylic acids is 1. The highest BCUT2D eigenvalue weighted by atomic mass is 35.5. The van der Waals surface area contributed by atoms with Gasteiger partial charge >= 0.3 is 0 Å². The SMILES string of the molecule is CNCCC1CCN(C(=O)Cn2ccc(=O)c3ccccc32)CC1.Cl. The second-order valence-corrected chi connectivity index (χ2v) is 6.54. The molecule has 0 unspecified atom stereocenters. The molecular weight excluding hydrogens is 338 g/mol. The summed E-state index contributed by atoms with van der Waals surface area (Å²) in [4.78, 5) is 26.5. The maximum atomic E-state index is 12.6. The van der Waals surface area contributed by atoms with E-state index in [0.717, 1.165) is 43.9 Å². The summed E-state index contributed by atoms with van der Waals surface area (Å²) in [6.45, 7) is 3.01. The monoisotopic (exact) mass is 363 g/mol. The van der Waals surface area contributed by atoms with Gasteiger partial charge in [-0.1, -0.05) is 12.1 Å². The summed E-state index contributed by atoms with van der Waals surface area (Å²) in [5, 5.41) is 3.86. The Balaban J connectivity index is 0.00000225. The van der Waals surface area contributed by atoms with Gasteiger partial charge in [0.15, 0.2) is 5.43 Å². The Morgan fingerprint density at radius 2 is 1.92 bits per heavy atom. The Hall–Kier alpha value is -1.85. The first kappa shape index (κ1) is 19.5. The zero-order valence-corrected chi connectivity index (χ0v) is 15.4. The number of benzene rings is 1. The number of hydrogen-bond acceptors (Lipinski definition) is 3. The van der Waals surface area contributed by atoms with Crippen LogP contribution in [-0.2, 0) is 11.3 Å². The molecule has 136 valence electrons. The van der Waals surface area contributed by atoms with Crippen LogP contribution in [0.25, 0.3) is 10.9 Å². The number of carbonyl (C=O) groups is 1. The molecule has 0 spiro atoms. The number of hydrogen-bond donors (Lipinski definition) is 1. The number of rotatable bonds is 5. The third kappa shape index (κ3) is 4.61. The molecular formula is C19H26ClN3O2. The Bertz CT molecular complexity index is 767. The molecule has 1 amide bonds. The van der Waals surface area contributed by atoms with Gasteiger partial charge in [-0.25, -0.2) is 0 Å². The molecule has 0 saturated carbocycles. The summed E-state index contributed by atoms with van der Waals surface area (Å²) in [7, 11) is 1.98. The first-order valence-corrected chi connectivity index (χ1v) is 8.69.